The Morgan fingerprint density at radius 2 is 1.77 bits per heavy atom. The summed E-state index contributed by atoms with van der Waals surface area (Å²) in [5.74, 6) is -0.306. The number of nitrogens with zero attached hydrogens (tertiary/aromatic N) is 3. The summed E-state index contributed by atoms with van der Waals surface area (Å²) in [6, 6.07) is 6.97. The summed E-state index contributed by atoms with van der Waals surface area (Å²) in [7, 11) is -3.85. The predicted octanol–water partition coefficient (Wildman–Crippen LogP) is 1.62. The Labute approximate surface area is 177 Å². The zero-order chi connectivity index (χ0) is 21.6. The second kappa shape index (κ2) is 10.0. The number of nitriles is 1. The highest BCUT2D eigenvalue weighted by Crippen LogP contribution is 2.28. The summed E-state index contributed by atoms with van der Waals surface area (Å²) < 4.78 is 27.6. The van der Waals surface area contributed by atoms with E-state index in [0.29, 0.717) is 38.0 Å². The van der Waals surface area contributed by atoms with Crippen molar-refractivity contribution >= 4 is 21.8 Å². The molecular weight excluding hydrogens is 404 g/mol. The van der Waals surface area contributed by atoms with Crippen LogP contribution in [-0.4, -0.2) is 61.7 Å². The number of hydrogen-bond acceptors (Lipinski definition) is 5. The van der Waals surface area contributed by atoms with Crippen LogP contribution in [0, 0.1) is 11.3 Å². The van der Waals surface area contributed by atoms with Gasteiger partial charge in [0.25, 0.3) is 0 Å². The van der Waals surface area contributed by atoms with Crippen molar-refractivity contribution in [1.82, 2.24) is 14.5 Å². The number of sulfonamides is 1. The predicted molar refractivity (Wildman–Crippen MR) is 111 cm³/mol. The molecule has 2 saturated heterocycles. The molecule has 1 N–H and O–H groups in total. The molecule has 0 bridgehead atoms. The Hall–Kier alpha value is -2.44. The van der Waals surface area contributed by atoms with Gasteiger partial charge in [-0.2, -0.15) is 9.57 Å². The van der Waals surface area contributed by atoms with E-state index in [1.165, 1.54) is 28.6 Å². The van der Waals surface area contributed by atoms with Crippen molar-refractivity contribution in [3.63, 3.8) is 0 Å². The number of nitrogens with one attached hydrogen (secondary N) is 1. The van der Waals surface area contributed by atoms with Gasteiger partial charge in [0.2, 0.25) is 21.8 Å². The lowest BCUT2D eigenvalue weighted by Gasteiger charge is -2.30. The summed E-state index contributed by atoms with van der Waals surface area (Å²) in [4.78, 5) is 27.0. The van der Waals surface area contributed by atoms with Crippen LogP contribution in [-0.2, 0) is 19.6 Å². The SMILES string of the molecule is N#Cc1ccc(S(=O)(=O)N2CCC[C@H]2C(=O)N2CCCCCCNC(=O)CC2)cc1. The normalized spacial score (nSPS) is 22.0. The number of hydrogen-bond donors (Lipinski definition) is 1. The topological polar surface area (TPSA) is 111 Å². The Bertz CT molecular complexity index is 908. The van der Waals surface area contributed by atoms with Gasteiger partial charge in [0.1, 0.15) is 6.04 Å². The molecule has 30 heavy (non-hydrogen) atoms. The first-order valence-corrected chi connectivity index (χ1v) is 11.9. The Kier molecular flexibility index (Phi) is 7.45. The molecule has 3 rings (SSSR count). The molecule has 1 aromatic rings. The highest BCUT2D eigenvalue weighted by atomic mass is 32.2. The average Bonchev–Trinajstić information content (AvgIpc) is 3.23. The van der Waals surface area contributed by atoms with Crippen LogP contribution in [0.15, 0.2) is 29.2 Å². The molecule has 9 heteroatoms. The van der Waals surface area contributed by atoms with Crippen molar-refractivity contribution in [2.75, 3.05) is 26.2 Å². The molecule has 1 aromatic carbocycles. The summed E-state index contributed by atoms with van der Waals surface area (Å²) in [5, 5.41) is 11.8. The molecule has 0 saturated carbocycles. The molecule has 0 aliphatic carbocycles. The molecule has 2 heterocycles. The van der Waals surface area contributed by atoms with Crippen molar-refractivity contribution in [3.8, 4) is 6.07 Å². The lowest BCUT2D eigenvalue weighted by atomic mass is 10.1. The molecule has 2 aliphatic heterocycles. The van der Waals surface area contributed by atoms with E-state index in [2.05, 4.69) is 5.32 Å². The number of benzene rings is 1. The molecule has 0 spiro atoms. The van der Waals surface area contributed by atoms with Crippen LogP contribution < -0.4 is 5.32 Å². The molecule has 0 unspecified atom stereocenters. The Morgan fingerprint density at radius 1 is 1.03 bits per heavy atom. The molecule has 2 amide bonds. The largest absolute Gasteiger partial charge is 0.356 e. The van der Waals surface area contributed by atoms with Gasteiger partial charge < -0.3 is 10.2 Å². The van der Waals surface area contributed by atoms with Gasteiger partial charge in [-0.25, -0.2) is 8.42 Å². The van der Waals surface area contributed by atoms with Crippen LogP contribution in [0.2, 0.25) is 0 Å². The highest BCUT2D eigenvalue weighted by molar-refractivity contribution is 7.89. The number of rotatable bonds is 3. The van der Waals surface area contributed by atoms with Crippen molar-refractivity contribution in [2.24, 2.45) is 0 Å². The first kappa shape index (κ1) is 22.2. The maximum absolute atomic E-state index is 13.3. The van der Waals surface area contributed by atoms with E-state index >= 15 is 0 Å². The lowest BCUT2D eigenvalue weighted by molar-refractivity contribution is -0.135. The number of carbonyl (C=O) groups excluding carboxylic acids is 2. The third-order valence-corrected chi connectivity index (χ3v) is 7.60. The second-order valence-corrected chi connectivity index (χ2v) is 9.64. The third kappa shape index (κ3) is 5.18. The third-order valence-electron chi connectivity index (χ3n) is 5.68. The van der Waals surface area contributed by atoms with Crippen LogP contribution >= 0.6 is 0 Å². The summed E-state index contributed by atoms with van der Waals surface area (Å²) in [6.45, 7) is 1.78. The van der Waals surface area contributed by atoms with Gasteiger partial charge in [-0.3, -0.25) is 9.59 Å². The van der Waals surface area contributed by atoms with Crippen molar-refractivity contribution in [3.05, 3.63) is 29.8 Å². The molecule has 0 radical (unpaired) electrons. The molecule has 2 fully saturated rings. The van der Waals surface area contributed by atoms with E-state index in [-0.39, 0.29) is 29.7 Å². The standard InChI is InChI=1S/C21H28N4O4S/c22-16-17-7-9-18(10-8-17)30(28,29)25-14-5-6-19(25)21(27)24-13-4-2-1-3-12-23-20(26)11-15-24/h7-10,19H,1-6,11-15H2,(H,23,26)/t19-/m0/s1. The van der Waals surface area contributed by atoms with E-state index in [4.69, 9.17) is 5.26 Å². The van der Waals surface area contributed by atoms with Gasteiger partial charge >= 0.3 is 0 Å². The van der Waals surface area contributed by atoms with E-state index in [9.17, 15) is 18.0 Å². The molecular formula is C21H28N4O4S. The summed E-state index contributed by atoms with van der Waals surface area (Å²) in [5.41, 5.74) is 0.379. The van der Waals surface area contributed by atoms with Gasteiger partial charge in [0.05, 0.1) is 16.5 Å². The quantitative estimate of drug-likeness (QED) is 0.780. The van der Waals surface area contributed by atoms with Crippen molar-refractivity contribution < 1.29 is 18.0 Å². The maximum Gasteiger partial charge on any atom is 0.243 e. The van der Waals surface area contributed by atoms with E-state index < -0.39 is 16.1 Å². The number of carbonyl (C=O) groups is 2. The highest BCUT2D eigenvalue weighted by Gasteiger charge is 2.41. The zero-order valence-corrected chi connectivity index (χ0v) is 17.9. The fraction of sp³-hybridized carbons (Fsp3) is 0.571. The fourth-order valence-electron chi connectivity index (χ4n) is 3.99. The minimum atomic E-state index is -3.85. The average molecular weight is 433 g/mol. The zero-order valence-electron chi connectivity index (χ0n) is 17.0. The second-order valence-electron chi connectivity index (χ2n) is 7.75. The number of amides is 2. The van der Waals surface area contributed by atoms with Crippen LogP contribution in [0.4, 0.5) is 0 Å². The van der Waals surface area contributed by atoms with E-state index in [0.717, 1.165) is 25.7 Å². The molecule has 8 nitrogen and oxygen atoms in total. The fourth-order valence-corrected chi connectivity index (χ4v) is 5.64. The van der Waals surface area contributed by atoms with Gasteiger partial charge in [-0.15, -0.1) is 0 Å². The van der Waals surface area contributed by atoms with Crippen molar-refractivity contribution in [1.29, 1.82) is 5.26 Å². The van der Waals surface area contributed by atoms with Crippen LogP contribution in [0.5, 0.6) is 0 Å². The van der Waals surface area contributed by atoms with Crippen molar-refractivity contribution in [2.45, 2.75) is 55.9 Å². The minimum absolute atomic E-state index is 0.0804. The lowest BCUT2D eigenvalue weighted by Crippen LogP contribution is -2.48. The first-order chi connectivity index (χ1) is 14.4. The van der Waals surface area contributed by atoms with Gasteiger partial charge in [-0.1, -0.05) is 12.8 Å². The Balaban J connectivity index is 1.77. The first-order valence-electron chi connectivity index (χ1n) is 10.5. The monoisotopic (exact) mass is 432 g/mol. The molecule has 2 aliphatic rings. The summed E-state index contributed by atoms with van der Waals surface area (Å²) >= 11 is 0. The minimum Gasteiger partial charge on any atom is -0.356 e. The van der Waals surface area contributed by atoms with E-state index in [1.54, 1.807) is 4.90 Å². The van der Waals surface area contributed by atoms with Crippen LogP contribution in [0.3, 0.4) is 0 Å². The molecule has 162 valence electrons. The molecule has 1 atom stereocenters. The van der Waals surface area contributed by atoms with Crippen LogP contribution in [0.25, 0.3) is 0 Å². The summed E-state index contributed by atoms with van der Waals surface area (Å²) in [6.07, 6.45) is 5.04. The Morgan fingerprint density at radius 3 is 2.50 bits per heavy atom. The van der Waals surface area contributed by atoms with Gasteiger partial charge in [0.15, 0.2) is 0 Å². The van der Waals surface area contributed by atoms with Gasteiger partial charge in [0, 0.05) is 32.6 Å². The van der Waals surface area contributed by atoms with Crippen LogP contribution in [0.1, 0.15) is 50.5 Å². The maximum atomic E-state index is 13.3. The van der Waals surface area contributed by atoms with Gasteiger partial charge in [-0.05, 0) is 49.9 Å². The smallest absolute Gasteiger partial charge is 0.243 e. The van der Waals surface area contributed by atoms with E-state index in [1.807, 2.05) is 6.07 Å². The molecule has 0 aromatic heterocycles.